The Morgan fingerprint density at radius 3 is 1.21 bits per heavy atom. The van der Waals surface area contributed by atoms with Crippen LogP contribution in [0.15, 0.2) is 54.6 Å². The molecule has 0 saturated heterocycles. The molecule has 3 aromatic rings. The zero-order valence-electron chi connectivity index (χ0n) is 27.6. The second-order valence-electron chi connectivity index (χ2n) is 11.7. The number of Topliss-reactive ketones (excluding diaryl/α,β-unsaturated/α-hetero) is 1. The number of nitrogens with one attached hydrogen (secondary N) is 2. The Balaban J connectivity index is 2.32. The summed E-state index contributed by atoms with van der Waals surface area (Å²) in [7, 11) is 0.783. The van der Waals surface area contributed by atoms with E-state index < -0.39 is 122 Å². The van der Waals surface area contributed by atoms with Crippen molar-refractivity contribution in [2.45, 2.75) is 60.8 Å². The van der Waals surface area contributed by atoms with Gasteiger partial charge >= 0.3 is 37.1 Å². The maximum absolute atomic E-state index is 14.1. The lowest BCUT2D eigenvalue weighted by molar-refractivity contribution is -0.376. The fourth-order valence-corrected chi connectivity index (χ4v) is 5.02. The summed E-state index contributed by atoms with van der Waals surface area (Å²) in [5, 5.41) is 33.0. The van der Waals surface area contributed by atoms with Crippen LogP contribution in [0.2, 0.25) is 0 Å². The van der Waals surface area contributed by atoms with Crippen LogP contribution in [0, 0.1) is 0 Å². The second-order valence-corrected chi connectivity index (χ2v) is 11.7. The molecule has 0 radical (unpaired) electrons. The van der Waals surface area contributed by atoms with Crippen LogP contribution in [0.25, 0.3) is 0 Å². The van der Waals surface area contributed by atoms with Crippen LogP contribution >= 0.6 is 0 Å². The van der Waals surface area contributed by atoms with Crippen LogP contribution in [-0.2, 0) is 16.8 Å². The highest BCUT2D eigenvalue weighted by molar-refractivity contribution is 6.07. The minimum absolute atomic E-state index is 0.00711. The number of benzene rings is 3. The predicted molar refractivity (Wildman–Crippen MR) is 155 cm³/mol. The molecule has 5 N–H and O–H groups in total. The van der Waals surface area contributed by atoms with E-state index in [9.17, 15) is 104 Å². The number of alkyl halides is 18. The molecule has 0 atom stereocenters. The summed E-state index contributed by atoms with van der Waals surface area (Å²) in [5.41, 5.74) is -30.1. The third kappa shape index (κ3) is 8.10. The van der Waals surface area contributed by atoms with Crippen molar-refractivity contribution in [3.05, 3.63) is 82.4 Å². The summed E-state index contributed by atoms with van der Waals surface area (Å²) < 4.78 is 253. The van der Waals surface area contributed by atoms with Crippen molar-refractivity contribution in [1.29, 1.82) is 0 Å². The number of carbonyl (C=O) groups is 2. The number of hydrogen-bond acceptors (Lipinski definition) is 7. The monoisotopic (exact) mass is 858 g/mol. The molecule has 0 aliphatic rings. The molecular weight excluding hydrogens is 838 g/mol. The van der Waals surface area contributed by atoms with Crippen molar-refractivity contribution in [1.82, 2.24) is 0 Å². The van der Waals surface area contributed by atoms with E-state index >= 15 is 0 Å². The van der Waals surface area contributed by atoms with Crippen molar-refractivity contribution in [3.8, 4) is 11.5 Å². The normalized spacial score (nSPS) is 14.0. The van der Waals surface area contributed by atoms with Crippen molar-refractivity contribution < 1.29 is 109 Å². The molecule has 0 unspecified atom stereocenters. The molecule has 0 saturated carbocycles. The zero-order valence-corrected chi connectivity index (χ0v) is 27.6. The molecule has 0 aliphatic carbocycles. The molecule has 3 rings (SSSR count). The van der Waals surface area contributed by atoms with Gasteiger partial charge in [-0.15, -0.1) is 0 Å². The SMILES string of the molecule is CNc1ccc(Oc2ccc(NC(=O)c3cc(C(C)=O)cc(C(O)(C(F)(F)F)C(F)(F)F)c3)c(C(O)(C(F)(F)F)C(F)(F)F)c2)cc1C(O)(C(F)(F)F)C(F)(F)F. The Morgan fingerprint density at radius 2 is 0.860 bits per heavy atom. The van der Waals surface area contributed by atoms with E-state index in [0.717, 1.165) is 7.05 Å². The van der Waals surface area contributed by atoms with Crippen LogP contribution in [0.4, 0.5) is 90.4 Å². The number of anilines is 2. The maximum Gasteiger partial charge on any atom is 0.430 e. The predicted octanol–water partition coefficient (Wildman–Crippen LogP) is 8.91. The number of rotatable bonds is 9. The molecule has 8 nitrogen and oxygen atoms in total. The molecule has 57 heavy (non-hydrogen) atoms. The van der Waals surface area contributed by atoms with E-state index in [2.05, 4.69) is 0 Å². The van der Waals surface area contributed by atoms with E-state index in [0.29, 0.717) is 19.1 Å². The van der Waals surface area contributed by atoms with Gasteiger partial charge < -0.3 is 30.7 Å². The fourth-order valence-electron chi connectivity index (χ4n) is 5.02. The van der Waals surface area contributed by atoms with Gasteiger partial charge in [0.2, 0.25) is 0 Å². The molecule has 0 heterocycles. The lowest BCUT2D eigenvalue weighted by atomic mass is 9.88. The molecule has 3 aromatic carbocycles. The summed E-state index contributed by atoms with van der Waals surface area (Å²) in [6.45, 7) is 0.521. The van der Waals surface area contributed by atoms with E-state index in [4.69, 9.17) is 4.74 Å². The van der Waals surface area contributed by atoms with Gasteiger partial charge in [-0.2, -0.15) is 79.0 Å². The summed E-state index contributed by atoms with van der Waals surface area (Å²) in [6, 6.07) is 0.231. The number of amides is 1. The van der Waals surface area contributed by atoms with Crippen molar-refractivity contribution in [3.63, 3.8) is 0 Å². The van der Waals surface area contributed by atoms with Crippen molar-refractivity contribution in [2.24, 2.45) is 0 Å². The van der Waals surface area contributed by atoms with Crippen LogP contribution in [0.5, 0.6) is 11.5 Å². The first-order valence-corrected chi connectivity index (χ1v) is 14.6. The standard InChI is InChI=1S/C31H20F18N2O6/c1-12(52)13-7-14(9-15(8-13)23(54,26(32,33)34)27(35,36)37)22(53)51-21-6-4-17(11-19(21)25(56,30(44,45)46)31(47,48)49)57-16-3-5-20(50-2)18(10-16)24(55,28(38,39)40)29(41,42)43/h3-11,50,54-56H,1-2H3,(H,51,53). The Hall–Kier alpha value is -4.98. The van der Waals surface area contributed by atoms with E-state index in [-0.39, 0.29) is 36.4 Å². The number of hydrogen-bond donors (Lipinski definition) is 5. The minimum Gasteiger partial charge on any atom is -0.457 e. The maximum atomic E-state index is 14.1. The van der Waals surface area contributed by atoms with Crippen LogP contribution < -0.4 is 15.4 Å². The molecule has 26 heteroatoms. The number of ketones is 1. The van der Waals surface area contributed by atoms with Crippen LogP contribution in [0.3, 0.4) is 0 Å². The van der Waals surface area contributed by atoms with E-state index in [1.807, 2.05) is 5.32 Å². The summed E-state index contributed by atoms with van der Waals surface area (Å²) in [6.07, 6.45) is -40.0. The van der Waals surface area contributed by atoms with Gasteiger partial charge in [0.1, 0.15) is 11.5 Å². The number of ether oxygens (including phenoxy) is 1. The summed E-state index contributed by atoms with van der Waals surface area (Å²) in [4.78, 5) is 25.1. The third-order valence-corrected chi connectivity index (χ3v) is 8.00. The van der Waals surface area contributed by atoms with E-state index in [1.54, 1.807) is 0 Å². The molecule has 0 bridgehead atoms. The molecule has 0 fully saturated rings. The van der Waals surface area contributed by atoms with Gasteiger partial charge in [-0.1, -0.05) is 0 Å². The highest BCUT2D eigenvalue weighted by Gasteiger charge is 2.74. The molecule has 316 valence electrons. The zero-order chi connectivity index (χ0) is 44.3. The highest BCUT2D eigenvalue weighted by atomic mass is 19.4. The highest BCUT2D eigenvalue weighted by Crippen LogP contribution is 2.55. The first-order valence-electron chi connectivity index (χ1n) is 14.6. The lowest BCUT2D eigenvalue weighted by Crippen LogP contribution is -2.54. The first kappa shape index (κ1) is 46.4. The van der Waals surface area contributed by atoms with Crippen molar-refractivity contribution in [2.75, 3.05) is 17.7 Å². The Labute approximate surface area is 304 Å². The molecular formula is C31H20F18N2O6. The largest absolute Gasteiger partial charge is 0.457 e. The van der Waals surface area contributed by atoms with Gasteiger partial charge in [0.25, 0.3) is 22.7 Å². The molecule has 0 spiro atoms. The van der Waals surface area contributed by atoms with E-state index in [1.165, 1.54) is 5.32 Å². The van der Waals surface area contributed by atoms with Gasteiger partial charge in [0.15, 0.2) is 5.78 Å². The Bertz CT molecular complexity index is 1970. The number of halogens is 18. The minimum atomic E-state index is -6.85. The number of aliphatic hydroxyl groups is 3. The smallest absolute Gasteiger partial charge is 0.430 e. The van der Waals surface area contributed by atoms with Gasteiger partial charge in [-0.05, 0) is 61.5 Å². The first-order chi connectivity index (χ1) is 25.4. The Kier molecular flexibility index (Phi) is 11.8. The summed E-state index contributed by atoms with van der Waals surface area (Å²) in [5.74, 6) is -6.21. The summed E-state index contributed by atoms with van der Waals surface area (Å²) >= 11 is 0. The molecule has 1 amide bonds. The number of carbonyl (C=O) groups excluding carboxylic acids is 2. The average Bonchev–Trinajstić information content (AvgIpc) is 3.04. The lowest BCUT2D eigenvalue weighted by Gasteiger charge is -2.34. The molecule has 0 aromatic heterocycles. The molecule has 0 aliphatic heterocycles. The topological polar surface area (TPSA) is 128 Å². The van der Waals surface area contributed by atoms with Gasteiger partial charge in [0.05, 0.1) is 0 Å². The van der Waals surface area contributed by atoms with Crippen molar-refractivity contribution >= 4 is 23.1 Å². The average molecular weight is 858 g/mol. The van der Waals surface area contributed by atoms with Gasteiger partial charge in [0, 0.05) is 46.2 Å². The van der Waals surface area contributed by atoms with Gasteiger partial charge in [-0.3, -0.25) is 9.59 Å². The fraction of sp³-hybridized carbons (Fsp3) is 0.355. The Morgan fingerprint density at radius 1 is 0.509 bits per heavy atom. The van der Waals surface area contributed by atoms with Crippen LogP contribution in [-0.4, -0.2) is 71.1 Å². The van der Waals surface area contributed by atoms with Gasteiger partial charge in [-0.25, -0.2) is 0 Å². The third-order valence-electron chi connectivity index (χ3n) is 8.00. The second kappa shape index (κ2) is 14.4. The van der Waals surface area contributed by atoms with Crippen LogP contribution in [0.1, 0.15) is 44.3 Å². The quantitative estimate of drug-likeness (QED) is 0.108.